The van der Waals surface area contributed by atoms with Crippen molar-refractivity contribution in [2.75, 3.05) is 0 Å². The first-order valence-corrected chi connectivity index (χ1v) is 4.91. The maximum absolute atomic E-state index is 9.79. The van der Waals surface area contributed by atoms with Gasteiger partial charge in [0.25, 0.3) is 0 Å². The monoisotopic (exact) mass is 203 g/mol. The van der Waals surface area contributed by atoms with E-state index in [4.69, 9.17) is 0 Å². The summed E-state index contributed by atoms with van der Waals surface area (Å²) in [6, 6.07) is 9.92. The van der Waals surface area contributed by atoms with E-state index in [1.54, 1.807) is 6.20 Å². The van der Waals surface area contributed by atoms with Gasteiger partial charge in [0.1, 0.15) is 0 Å². The number of aromatic nitrogens is 3. The summed E-state index contributed by atoms with van der Waals surface area (Å²) in [5, 5.41) is 19.9. The molecule has 1 unspecified atom stereocenters. The number of H-pyrrole nitrogens is 1. The molecular weight excluding hydrogens is 190 g/mol. The Morgan fingerprint density at radius 3 is 2.67 bits per heavy atom. The Hall–Kier alpha value is -1.68. The zero-order valence-corrected chi connectivity index (χ0v) is 8.30. The van der Waals surface area contributed by atoms with Crippen LogP contribution in [0.5, 0.6) is 0 Å². The molecule has 4 nitrogen and oxygen atoms in total. The lowest BCUT2D eigenvalue weighted by atomic mass is 10.0. The Bertz CT molecular complexity index is 385. The summed E-state index contributed by atoms with van der Waals surface area (Å²) < 4.78 is 0. The summed E-state index contributed by atoms with van der Waals surface area (Å²) in [6.45, 7) is 0. The molecule has 0 aliphatic rings. The molecular formula is C11H13N3O. The molecule has 1 aromatic heterocycles. The summed E-state index contributed by atoms with van der Waals surface area (Å²) in [4.78, 5) is 0. The van der Waals surface area contributed by atoms with Crippen molar-refractivity contribution in [3.63, 3.8) is 0 Å². The molecule has 1 aromatic carbocycles. The zero-order valence-electron chi connectivity index (χ0n) is 8.30. The molecule has 4 heteroatoms. The number of nitrogens with zero attached hydrogens (tertiary/aromatic N) is 2. The third-order valence-electron chi connectivity index (χ3n) is 2.22. The molecule has 0 saturated heterocycles. The van der Waals surface area contributed by atoms with Gasteiger partial charge in [-0.3, -0.25) is 0 Å². The number of rotatable bonds is 4. The minimum Gasteiger partial charge on any atom is -0.392 e. The molecule has 0 aliphatic heterocycles. The summed E-state index contributed by atoms with van der Waals surface area (Å²) in [6.07, 6.45) is 2.41. The fourth-order valence-electron chi connectivity index (χ4n) is 1.52. The Labute approximate surface area is 88.0 Å². The predicted molar refractivity (Wildman–Crippen MR) is 56.2 cm³/mol. The van der Waals surface area contributed by atoms with Crippen molar-refractivity contribution in [3.8, 4) is 0 Å². The second kappa shape index (κ2) is 4.70. The molecule has 0 radical (unpaired) electrons. The van der Waals surface area contributed by atoms with Gasteiger partial charge in [-0.05, 0) is 12.0 Å². The Kier molecular flexibility index (Phi) is 3.09. The molecule has 2 aromatic rings. The van der Waals surface area contributed by atoms with Crippen molar-refractivity contribution in [1.82, 2.24) is 15.4 Å². The quantitative estimate of drug-likeness (QED) is 0.777. The number of aromatic amines is 1. The number of nitrogens with one attached hydrogen (secondary N) is 1. The maximum atomic E-state index is 9.79. The van der Waals surface area contributed by atoms with E-state index in [1.165, 1.54) is 0 Å². The molecule has 78 valence electrons. The van der Waals surface area contributed by atoms with E-state index < -0.39 is 6.10 Å². The normalized spacial score (nSPS) is 12.6. The lowest BCUT2D eigenvalue weighted by Crippen LogP contribution is -2.14. The molecule has 1 atom stereocenters. The average Bonchev–Trinajstić information content (AvgIpc) is 2.71. The molecule has 1 heterocycles. The average molecular weight is 203 g/mol. The number of hydrogen-bond acceptors (Lipinski definition) is 3. The number of benzene rings is 1. The SMILES string of the molecule is OC(Cc1ccccc1)Cc1cn[nH]n1. The van der Waals surface area contributed by atoms with Crippen LogP contribution in [0.1, 0.15) is 11.3 Å². The maximum Gasteiger partial charge on any atom is 0.0850 e. The highest BCUT2D eigenvalue weighted by atomic mass is 16.3. The van der Waals surface area contributed by atoms with Gasteiger partial charge in [-0.15, -0.1) is 0 Å². The van der Waals surface area contributed by atoms with Crippen molar-refractivity contribution >= 4 is 0 Å². The van der Waals surface area contributed by atoms with Crippen LogP contribution in [0.2, 0.25) is 0 Å². The Morgan fingerprint density at radius 1 is 1.20 bits per heavy atom. The van der Waals surface area contributed by atoms with E-state index in [0.717, 1.165) is 11.3 Å². The fourth-order valence-corrected chi connectivity index (χ4v) is 1.52. The third kappa shape index (κ3) is 2.89. The second-order valence-electron chi connectivity index (χ2n) is 3.51. The van der Waals surface area contributed by atoms with E-state index in [2.05, 4.69) is 15.4 Å². The van der Waals surface area contributed by atoms with Crippen LogP contribution in [-0.4, -0.2) is 26.6 Å². The highest BCUT2D eigenvalue weighted by Crippen LogP contribution is 2.06. The predicted octanol–water partition coefficient (Wildman–Crippen LogP) is 0.951. The van der Waals surface area contributed by atoms with Crippen molar-refractivity contribution < 1.29 is 5.11 Å². The van der Waals surface area contributed by atoms with Crippen molar-refractivity contribution in [3.05, 3.63) is 47.8 Å². The smallest absolute Gasteiger partial charge is 0.0850 e. The molecule has 0 saturated carbocycles. The Morgan fingerprint density at radius 2 is 2.00 bits per heavy atom. The summed E-state index contributed by atoms with van der Waals surface area (Å²) >= 11 is 0. The molecule has 0 bridgehead atoms. The lowest BCUT2D eigenvalue weighted by molar-refractivity contribution is 0.174. The van der Waals surface area contributed by atoms with Crippen molar-refractivity contribution in [2.24, 2.45) is 0 Å². The largest absolute Gasteiger partial charge is 0.392 e. The van der Waals surface area contributed by atoms with Crippen LogP contribution in [0.25, 0.3) is 0 Å². The van der Waals surface area contributed by atoms with Gasteiger partial charge in [-0.25, -0.2) is 0 Å². The van der Waals surface area contributed by atoms with Crippen LogP contribution in [-0.2, 0) is 12.8 Å². The molecule has 0 spiro atoms. The van der Waals surface area contributed by atoms with Gasteiger partial charge in [0.2, 0.25) is 0 Å². The van der Waals surface area contributed by atoms with E-state index in [9.17, 15) is 5.11 Å². The molecule has 0 aliphatic carbocycles. The highest BCUT2D eigenvalue weighted by molar-refractivity contribution is 5.15. The topological polar surface area (TPSA) is 61.8 Å². The highest BCUT2D eigenvalue weighted by Gasteiger charge is 2.08. The molecule has 0 fully saturated rings. The van der Waals surface area contributed by atoms with E-state index in [1.807, 2.05) is 30.3 Å². The van der Waals surface area contributed by atoms with E-state index >= 15 is 0 Å². The Balaban J connectivity index is 1.90. The summed E-state index contributed by atoms with van der Waals surface area (Å²) in [7, 11) is 0. The van der Waals surface area contributed by atoms with Crippen molar-refractivity contribution in [1.29, 1.82) is 0 Å². The lowest BCUT2D eigenvalue weighted by Gasteiger charge is -2.08. The fraction of sp³-hybridized carbons (Fsp3) is 0.273. The summed E-state index contributed by atoms with van der Waals surface area (Å²) in [5.41, 5.74) is 1.92. The van der Waals surface area contributed by atoms with Crippen molar-refractivity contribution in [2.45, 2.75) is 18.9 Å². The van der Waals surface area contributed by atoms with Crippen LogP contribution in [0.4, 0.5) is 0 Å². The van der Waals surface area contributed by atoms with Crippen LogP contribution in [0, 0.1) is 0 Å². The molecule has 0 amide bonds. The third-order valence-corrected chi connectivity index (χ3v) is 2.22. The first-order chi connectivity index (χ1) is 7.34. The second-order valence-corrected chi connectivity index (χ2v) is 3.51. The van der Waals surface area contributed by atoms with Gasteiger partial charge in [0.15, 0.2) is 0 Å². The van der Waals surface area contributed by atoms with Crippen LogP contribution < -0.4 is 0 Å². The zero-order chi connectivity index (χ0) is 10.5. The van der Waals surface area contributed by atoms with Gasteiger partial charge >= 0.3 is 0 Å². The van der Waals surface area contributed by atoms with Gasteiger partial charge in [-0.1, -0.05) is 30.3 Å². The first kappa shape index (κ1) is 9.86. The molecule has 2 N–H and O–H groups in total. The standard InChI is InChI=1S/C11H13N3O/c15-11(7-10-8-12-14-13-10)6-9-4-2-1-3-5-9/h1-5,8,11,15H,6-7H2,(H,12,13,14). The number of hydrogen-bond donors (Lipinski definition) is 2. The van der Waals surface area contributed by atoms with Gasteiger partial charge < -0.3 is 5.11 Å². The molecule has 15 heavy (non-hydrogen) atoms. The summed E-state index contributed by atoms with van der Waals surface area (Å²) in [5.74, 6) is 0. The van der Waals surface area contributed by atoms with E-state index in [0.29, 0.717) is 12.8 Å². The van der Waals surface area contributed by atoms with Crippen LogP contribution in [0.15, 0.2) is 36.5 Å². The van der Waals surface area contributed by atoms with E-state index in [-0.39, 0.29) is 0 Å². The minimum atomic E-state index is -0.405. The number of aliphatic hydroxyl groups excluding tert-OH is 1. The molecule has 2 rings (SSSR count). The van der Waals surface area contributed by atoms with Gasteiger partial charge in [-0.2, -0.15) is 15.4 Å². The van der Waals surface area contributed by atoms with Gasteiger partial charge in [0.05, 0.1) is 18.0 Å². The number of aliphatic hydroxyl groups is 1. The van der Waals surface area contributed by atoms with Crippen LogP contribution >= 0.6 is 0 Å². The van der Waals surface area contributed by atoms with Gasteiger partial charge in [0, 0.05) is 6.42 Å². The first-order valence-electron chi connectivity index (χ1n) is 4.91. The van der Waals surface area contributed by atoms with Crippen LogP contribution in [0.3, 0.4) is 0 Å². The minimum absolute atomic E-state index is 0.405.